The van der Waals surface area contributed by atoms with Gasteiger partial charge in [0.25, 0.3) is 11.5 Å². The molecule has 2 saturated carbocycles. The number of nitrogens with one attached hydrogen (secondary N) is 1. The van der Waals surface area contributed by atoms with Crippen LogP contribution in [0.15, 0.2) is 88.6 Å². The van der Waals surface area contributed by atoms with Gasteiger partial charge in [-0.05, 0) is 92.5 Å². The SMILES string of the molecule is Cc1cccc(C(=O)NC2CCC(n3c(=O)c4cc(F)cnc4n(-c4cccc(-c5ccc(CN6CCN(C7CCCC7)CC6)cc5)c4)c3=O)CC2)n1. The van der Waals surface area contributed by atoms with E-state index in [4.69, 9.17) is 0 Å². The van der Waals surface area contributed by atoms with E-state index in [1.165, 1.54) is 40.4 Å². The zero-order chi connectivity index (χ0) is 36.5. The number of amides is 1. The van der Waals surface area contributed by atoms with Gasteiger partial charge in [0.2, 0.25) is 0 Å². The summed E-state index contributed by atoms with van der Waals surface area (Å²) in [6, 6.07) is 22.9. The fourth-order valence-corrected chi connectivity index (χ4v) is 8.59. The summed E-state index contributed by atoms with van der Waals surface area (Å²) in [6.45, 7) is 7.22. The first-order valence-electron chi connectivity index (χ1n) is 19.0. The number of hydrogen-bond donors (Lipinski definition) is 1. The Balaban J connectivity index is 1.01. The van der Waals surface area contributed by atoms with E-state index in [-0.39, 0.29) is 23.0 Å². The number of carbonyl (C=O) groups excluding carboxylic acids is 1. The molecule has 10 nitrogen and oxygen atoms in total. The highest BCUT2D eigenvalue weighted by molar-refractivity contribution is 5.92. The van der Waals surface area contributed by atoms with Gasteiger partial charge in [-0.25, -0.2) is 23.7 Å². The van der Waals surface area contributed by atoms with Gasteiger partial charge in [0.1, 0.15) is 11.5 Å². The predicted octanol–water partition coefficient (Wildman–Crippen LogP) is 6.03. The van der Waals surface area contributed by atoms with Crippen LogP contribution in [0, 0.1) is 12.7 Å². The van der Waals surface area contributed by atoms with Gasteiger partial charge in [0.05, 0.1) is 17.3 Å². The number of benzene rings is 2. The topological polar surface area (TPSA) is 105 Å². The molecule has 0 bridgehead atoms. The van der Waals surface area contributed by atoms with E-state index in [1.807, 2.05) is 37.3 Å². The van der Waals surface area contributed by atoms with Gasteiger partial charge in [-0.3, -0.25) is 24.0 Å². The first kappa shape index (κ1) is 35.1. The van der Waals surface area contributed by atoms with Crippen LogP contribution in [0.3, 0.4) is 0 Å². The molecule has 1 saturated heterocycles. The molecule has 3 fully saturated rings. The third-order valence-electron chi connectivity index (χ3n) is 11.5. The highest BCUT2D eigenvalue weighted by atomic mass is 19.1. The van der Waals surface area contributed by atoms with Crippen molar-refractivity contribution in [1.82, 2.24) is 34.2 Å². The molecule has 0 unspecified atom stereocenters. The highest BCUT2D eigenvalue weighted by Gasteiger charge is 2.29. The summed E-state index contributed by atoms with van der Waals surface area (Å²) in [4.78, 5) is 54.9. The van der Waals surface area contributed by atoms with Crippen LogP contribution in [0.4, 0.5) is 4.39 Å². The molecular weight excluding hydrogens is 670 g/mol. The maximum absolute atomic E-state index is 14.6. The number of pyridine rings is 2. The number of nitrogens with zero attached hydrogens (tertiary/aromatic N) is 6. The minimum atomic E-state index is -0.646. The Bertz CT molecular complexity index is 2230. The molecule has 3 aliphatic rings. The van der Waals surface area contributed by atoms with Crippen molar-refractivity contribution in [2.24, 2.45) is 0 Å². The Hall–Kier alpha value is -5.00. The van der Waals surface area contributed by atoms with Crippen LogP contribution >= 0.6 is 0 Å². The number of hydrogen-bond acceptors (Lipinski definition) is 7. The van der Waals surface area contributed by atoms with Crippen LogP contribution in [-0.4, -0.2) is 73.1 Å². The molecule has 0 spiro atoms. The van der Waals surface area contributed by atoms with E-state index in [0.717, 1.165) is 67.8 Å². The van der Waals surface area contributed by atoms with Gasteiger partial charge in [-0.15, -0.1) is 0 Å². The summed E-state index contributed by atoms with van der Waals surface area (Å²) in [5.41, 5.74) is 3.89. The van der Waals surface area contributed by atoms with Crippen LogP contribution in [0.2, 0.25) is 0 Å². The number of rotatable bonds is 8. The Morgan fingerprint density at radius 3 is 2.30 bits per heavy atom. The van der Waals surface area contributed by atoms with Gasteiger partial charge in [0, 0.05) is 56.5 Å². The minimum absolute atomic E-state index is 0.0457. The lowest BCUT2D eigenvalue weighted by Crippen LogP contribution is -2.49. The lowest BCUT2D eigenvalue weighted by atomic mass is 9.90. The smallest absolute Gasteiger partial charge is 0.337 e. The first-order chi connectivity index (χ1) is 25.8. The van der Waals surface area contributed by atoms with Gasteiger partial charge in [0.15, 0.2) is 5.65 Å². The standard InChI is InChI=1S/C42H46FN7O3/c1-28-6-4-11-38(45-28)40(51)46-33-16-18-35(19-17-33)50-41(52)37-25-32(43)26-44-39(37)49(42(50)53)36-10-5-7-31(24-36)30-14-12-29(13-15-30)27-47-20-22-48(23-21-47)34-8-2-3-9-34/h4-7,10-15,24-26,33-35H,2-3,8-9,16-23,27H2,1H3,(H,46,51). The zero-order valence-corrected chi connectivity index (χ0v) is 30.2. The van der Waals surface area contributed by atoms with Gasteiger partial charge in [-0.2, -0.15) is 0 Å². The Labute approximate surface area is 308 Å². The fraction of sp³-hybridized carbons (Fsp3) is 0.405. The molecule has 0 atom stereocenters. The number of piperazine rings is 1. The first-order valence-corrected chi connectivity index (χ1v) is 19.0. The fourth-order valence-electron chi connectivity index (χ4n) is 8.59. The second kappa shape index (κ2) is 15.2. The second-order valence-corrected chi connectivity index (χ2v) is 15.0. The lowest BCUT2D eigenvalue weighted by Gasteiger charge is -2.38. The molecule has 0 radical (unpaired) electrons. The van der Waals surface area contributed by atoms with Crippen molar-refractivity contribution < 1.29 is 9.18 Å². The van der Waals surface area contributed by atoms with E-state index in [1.54, 1.807) is 12.1 Å². The number of aromatic nitrogens is 4. The average Bonchev–Trinajstić information content (AvgIpc) is 3.72. The summed E-state index contributed by atoms with van der Waals surface area (Å²) >= 11 is 0. The molecule has 2 aliphatic carbocycles. The third-order valence-corrected chi connectivity index (χ3v) is 11.5. The number of fused-ring (bicyclic) bond motifs is 1. The summed E-state index contributed by atoms with van der Waals surface area (Å²) in [6.07, 6.45) is 8.63. The van der Waals surface area contributed by atoms with Crippen LogP contribution in [-0.2, 0) is 6.54 Å². The number of aryl methyl sites for hydroxylation is 1. The van der Waals surface area contributed by atoms with E-state index in [9.17, 15) is 18.8 Å². The molecule has 11 heteroatoms. The number of halogens is 1. The van der Waals surface area contributed by atoms with Crippen molar-refractivity contribution in [1.29, 1.82) is 0 Å². The van der Waals surface area contributed by atoms with Crippen LogP contribution in [0.1, 0.15) is 79.2 Å². The maximum atomic E-state index is 14.6. The molecule has 3 aromatic heterocycles. The third kappa shape index (κ3) is 7.45. The van der Waals surface area contributed by atoms with Crippen molar-refractivity contribution in [3.05, 3.63) is 123 Å². The lowest BCUT2D eigenvalue weighted by molar-refractivity contribution is 0.0916. The molecular formula is C42H46FN7O3. The maximum Gasteiger partial charge on any atom is 0.337 e. The minimum Gasteiger partial charge on any atom is -0.348 e. The molecule has 274 valence electrons. The Morgan fingerprint density at radius 2 is 1.57 bits per heavy atom. The zero-order valence-electron chi connectivity index (χ0n) is 30.2. The van der Waals surface area contributed by atoms with Crippen molar-refractivity contribution in [3.8, 4) is 16.8 Å². The van der Waals surface area contributed by atoms with Crippen LogP contribution in [0.5, 0.6) is 0 Å². The Kier molecular flexibility index (Phi) is 10.0. The Morgan fingerprint density at radius 1 is 0.830 bits per heavy atom. The van der Waals surface area contributed by atoms with Crippen molar-refractivity contribution >= 4 is 16.9 Å². The molecule has 4 heterocycles. The van der Waals surface area contributed by atoms with Gasteiger partial charge in [-0.1, -0.05) is 55.3 Å². The van der Waals surface area contributed by atoms with Crippen molar-refractivity contribution in [2.75, 3.05) is 26.2 Å². The second-order valence-electron chi connectivity index (χ2n) is 15.0. The summed E-state index contributed by atoms with van der Waals surface area (Å²) in [5, 5.41) is 3.10. The molecule has 1 aliphatic heterocycles. The molecule has 1 N–H and O–H groups in total. The normalized spacial score (nSPS) is 20.2. The molecule has 53 heavy (non-hydrogen) atoms. The van der Waals surface area contributed by atoms with Crippen molar-refractivity contribution in [2.45, 2.75) is 83.0 Å². The highest BCUT2D eigenvalue weighted by Crippen LogP contribution is 2.29. The number of carbonyl (C=O) groups is 1. The van der Waals surface area contributed by atoms with Gasteiger partial charge >= 0.3 is 5.69 Å². The summed E-state index contributed by atoms with van der Waals surface area (Å²) in [5.74, 6) is -0.890. The molecule has 2 aromatic carbocycles. The predicted molar refractivity (Wildman–Crippen MR) is 204 cm³/mol. The summed E-state index contributed by atoms with van der Waals surface area (Å²) < 4.78 is 17.3. The van der Waals surface area contributed by atoms with Crippen LogP contribution in [0.25, 0.3) is 27.8 Å². The average molecular weight is 716 g/mol. The molecule has 8 rings (SSSR count). The monoisotopic (exact) mass is 715 g/mol. The molecule has 1 amide bonds. The van der Waals surface area contributed by atoms with E-state index in [2.05, 4.69) is 49.4 Å². The van der Waals surface area contributed by atoms with E-state index < -0.39 is 23.1 Å². The van der Waals surface area contributed by atoms with E-state index in [0.29, 0.717) is 37.1 Å². The van der Waals surface area contributed by atoms with Gasteiger partial charge < -0.3 is 5.32 Å². The van der Waals surface area contributed by atoms with E-state index >= 15 is 0 Å². The molecule has 5 aromatic rings. The summed E-state index contributed by atoms with van der Waals surface area (Å²) in [7, 11) is 0. The quantitative estimate of drug-likeness (QED) is 0.209. The van der Waals surface area contributed by atoms with Crippen molar-refractivity contribution in [3.63, 3.8) is 0 Å². The van der Waals surface area contributed by atoms with Crippen LogP contribution < -0.4 is 16.6 Å². The largest absolute Gasteiger partial charge is 0.348 e.